The van der Waals surface area contributed by atoms with Crippen LogP contribution in [0.4, 0.5) is 0 Å². The van der Waals surface area contributed by atoms with Crippen LogP contribution in [0.15, 0.2) is 0 Å². The molecule has 2 rings (SSSR count). The van der Waals surface area contributed by atoms with Crippen LogP contribution < -0.4 is 0 Å². The molecule has 0 N–H and O–H groups in total. The Morgan fingerprint density at radius 2 is 1.00 bits per heavy atom. The van der Waals surface area contributed by atoms with Gasteiger partial charge in [-0.25, -0.2) is 0 Å². The molecule has 0 aromatic heterocycles. The van der Waals surface area contributed by atoms with Gasteiger partial charge in [0.05, 0.1) is 0 Å². The van der Waals surface area contributed by atoms with Crippen molar-refractivity contribution in [1.82, 2.24) is 0 Å². The number of rotatable bonds is 4. The molecule has 100 valence electrons. The molecular formula is C12H22O4Se. The monoisotopic (exact) mass is 310 g/mol. The molecule has 5 heteroatoms. The fourth-order valence-corrected chi connectivity index (χ4v) is 4.98. The zero-order valence-corrected chi connectivity index (χ0v) is 12.0. The third kappa shape index (κ3) is 4.66. The third-order valence-corrected chi connectivity index (χ3v) is 5.74. The minimum atomic E-state index is -4.56. The summed E-state index contributed by atoms with van der Waals surface area (Å²) in [6.07, 6.45) is 9.86. The molecule has 0 bridgehead atoms. The predicted octanol–water partition coefficient (Wildman–Crippen LogP) is 2.98. The fourth-order valence-electron chi connectivity index (χ4n) is 2.68. The topological polar surface area (TPSA) is 52.6 Å². The Kier molecular flexibility index (Phi) is 4.97. The quantitative estimate of drug-likeness (QED) is 0.749. The first-order chi connectivity index (χ1) is 8.16. The van der Waals surface area contributed by atoms with Gasteiger partial charge in [0.25, 0.3) is 0 Å². The zero-order chi connectivity index (χ0) is 12.1. The van der Waals surface area contributed by atoms with E-state index >= 15 is 0 Å². The van der Waals surface area contributed by atoms with E-state index in [1.807, 2.05) is 0 Å². The molecule has 0 atom stereocenters. The second-order valence-electron chi connectivity index (χ2n) is 5.12. The Labute approximate surface area is 105 Å². The van der Waals surface area contributed by atoms with Gasteiger partial charge in [0.15, 0.2) is 0 Å². The average molecular weight is 309 g/mol. The maximum absolute atomic E-state index is 11.8. The minimum absolute atomic E-state index is 0.123. The van der Waals surface area contributed by atoms with Gasteiger partial charge in [0.2, 0.25) is 0 Å². The van der Waals surface area contributed by atoms with Gasteiger partial charge in [-0.2, -0.15) is 0 Å². The predicted molar refractivity (Wildman–Crippen MR) is 63.0 cm³/mol. The van der Waals surface area contributed by atoms with Crippen molar-refractivity contribution in [3.05, 3.63) is 0 Å². The summed E-state index contributed by atoms with van der Waals surface area (Å²) in [5.41, 5.74) is 0. The summed E-state index contributed by atoms with van der Waals surface area (Å²) < 4.78 is 34.0. The van der Waals surface area contributed by atoms with E-state index in [9.17, 15) is 7.67 Å². The molecule has 0 aliphatic heterocycles. The van der Waals surface area contributed by atoms with Crippen molar-refractivity contribution in [2.24, 2.45) is 0 Å². The SMILES string of the molecule is O=[Se](=O)(OC1CCCCC1)OC1CCCCC1. The normalized spacial score (nSPS) is 24.9. The van der Waals surface area contributed by atoms with Gasteiger partial charge in [0.1, 0.15) is 0 Å². The van der Waals surface area contributed by atoms with E-state index in [1.54, 1.807) is 0 Å². The Morgan fingerprint density at radius 1 is 0.647 bits per heavy atom. The van der Waals surface area contributed by atoms with E-state index in [1.165, 1.54) is 12.8 Å². The van der Waals surface area contributed by atoms with Crippen LogP contribution in [-0.4, -0.2) is 25.6 Å². The summed E-state index contributed by atoms with van der Waals surface area (Å²) >= 11 is -4.56. The van der Waals surface area contributed by atoms with Crippen LogP contribution in [0.1, 0.15) is 64.2 Å². The summed E-state index contributed by atoms with van der Waals surface area (Å²) in [6, 6.07) is 0. The molecular weight excluding hydrogens is 287 g/mol. The molecule has 0 amide bonds. The molecule has 0 spiro atoms. The van der Waals surface area contributed by atoms with Crippen LogP contribution in [0.25, 0.3) is 0 Å². The average Bonchev–Trinajstić information content (AvgIpc) is 2.30. The van der Waals surface area contributed by atoms with Crippen LogP contribution in [0, 0.1) is 0 Å². The molecule has 2 saturated carbocycles. The summed E-state index contributed by atoms with van der Waals surface area (Å²) in [4.78, 5) is 0. The first kappa shape index (κ1) is 13.5. The van der Waals surface area contributed by atoms with Gasteiger partial charge in [-0.1, -0.05) is 0 Å². The van der Waals surface area contributed by atoms with Crippen molar-refractivity contribution in [2.45, 2.75) is 76.4 Å². The fraction of sp³-hybridized carbons (Fsp3) is 1.00. The molecule has 0 heterocycles. The summed E-state index contributed by atoms with van der Waals surface area (Å²) in [5.74, 6) is 0. The van der Waals surface area contributed by atoms with Crippen molar-refractivity contribution in [3.8, 4) is 0 Å². The van der Waals surface area contributed by atoms with E-state index in [0.29, 0.717) is 0 Å². The van der Waals surface area contributed by atoms with Gasteiger partial charge >= 0.3 is 105 Å². The molecule has 2 aliphatic rings. The van der Waals surface area contributed by atoms with Crippen LogP contribution in [0.3, 0.4) is 0 Å². The zero-order valence-electron chi connectivity index (χ0n) is 10.3. The first-order valence-electron chi connectivity index (χ1n) is 6.77. The van der Waals surface area contributed by atoms with Gasteiger partial charge in [-0.15, -0.1) is 0 Å². The number of hydrogen-bond acceptors (Lipinski definition) is 4. The summed E-state index contributed by atoms with van der Waals surface area (Å²) in [7, 11) is 0. The van der Waals surface area contributed by atoms with Gasteiger partial charge in [-0.05, 0) is 0 Å². The molecule has 0 radical (unpaired) electrons. The van der Waals surface area contributed by atoms with Gasteiger partial charge in [0, 0.05) is 0 Å². The van der Waals surface area contributed by atoms with Crippen molar-refractivity contribution in [2.75, 3.05) is 0 Å². The maximum atomic E-state index is 11.8. The third-order valence-electron chi connectivity index (χ3n) is 3.61. The molecule has 0 saturated heterocycles. The molecule has 2 fully saturated rings. The number of hydrogen-bond donors (Lipinski definition) is 0. The Bertz CT molecular complexity index is 287. The van der Waals surface area contributed by atoms with Crippen molar-refractivity contribution < 1.29 is 15.3 Å². The Hall–Kier alpha value is 0.0395. The summed E-state index contributed by atoms with van der Waals surface area (Å²) in [6.45, 7) is 0. The molecule has 0 unspecified atom stereocenters. The van der Waals surface area contributed by atoms with Crippen molar-refractivity contribution >= 4 is 13.4 Å². The van der Waals surface area contributed by atoms with Crippen molar-refractivity contribution in [1.29, 1.82) is 0 Å². The standard InChI is InChI=1S/C12H22O4Se/c13-17(14,15-11-7-3-1-4-8-11)16-12-9-5-2-6-10-12/h11-12H,1-10H2. The van der Waals surface area contributed by atoms with Crippen LogP contribution in [0.2, 0.25) is 0 Å². The Balaban J connectivity index is 1.80. The van der Waals surface area contributed by atoms with E-state index in [0.717, 1.165) is 51.4 Å². The van der Waals surface area contributed by atoms with Gasteiger partial charge < -0.3 is 0 Å². The van der Waals surface area contributed by atoms with Crippen LogP contribution in [0.5, 0.6) is 0 Å². The van der Waals surface area contributed by atoms with Crippen LogP contribution >= 0.6 is 0 Å². The second-order valence-corrected chi connectivity index (χ2v) is 7.64. The van der Waals surface area contributed by atoms with E-state index in [4.69, 9.17) is 7.64 Å². The molecule has 0 aromatic rings. The molecule has 4 nitrogen and oxygen atoms in total. The van der Waals surface area contributed by atoms with Crippen molar-refractivity contribution in [3.63, 3.8) is 0 Å². The Morgan fingerprint density at radius 3 is 1.35 bits per heavy atom. The summed E-state index contributed by atoms with van der Waals surface area (Å²) in [5, 5.41) is 0. The molecule has 2 aliphatic carbocycles. The van der Waals surface area contributed by atoms with E-state index in [-0.39, 0.29) is 12.2 Å². The van der Waals surface area contributed by atoms with Gasteiger partial charge in [-0.3, -0.25) is 0 Å². The van der Waals surface area contributed by atoms with E-state index < -0.39 is 13.4 Å². The first-order valence-corrected chi connectivity index (χ1v) is 9.57. The molecule has 17 heavy (non-hydrogen) atoms. The van der Waals surface area contributed by atoms with Crippen LogP contribution in [-0.2, 0) is 15.3 Å². The van der Waals surface area contributed by atoms with E-state index in [2.05, 4.69) is 0 Å². The molecule has 0 aromatic carbocycles. The second kappa shape index (κ2) is 6.28.